The van der Waals surface area contributed by atoms with E-state index in [0.717, 1.165) is 16.6 Å². The van der Waals surface area contributed by atoms with E-state index in [1.54, 1.807) is 18.3 Å². The van der Waals surface area contributed by atoms with E-state index in [1.165, 1.54) is 13.1 Å². The number of hydrogen-bond donors (Lipinski definition) is 2. The number of hydrogen-bond acceptors (Lipinski definition) is 5. The Bertz CT molecular complexity index is 971. The number of rotatable bonds is 5. The molecule has 3 heterocycles. The second-order valence-electron chi connectivity index (χ2n) is 5.99. The number of nitrogens with zero attached hydrogens (tertiary/aromatic N) is 4. The van der Waals surface area contributed by atoms with Crippen molar-refractivity contribution in [2.24, 2.45) is 7.05 Å². The van der Waals surface area contributed by atoms with Gasteiger partial charge in [0.2, 0.25) is 5.91 Å². The molecule has 3 aromatic rings. The maximum atomic E-state index is 12.2. The van der Waals surface area contributed by atoms with Gasteiger partial charge in [-0.15, -0.1) is 0 Å². The summed E-state index contributed by atoms with van der Waals surface area (Å²) in [5, 5.41) is 5.49. The van der Waals surface area contributed by atoms with Gasteiger partial charge in [0, 0.05) is 36.6 Å². The summed E-state index contributed by atoms with van der Waals surface area (Å²) in [5.41, 5.74) is 1.53. The molecule has 0 saturated carbocycles. The Morgan fingerprint density at radius 2 is 1.81 bits per heavy atom. The number of carbonyl (C=O) groups excluding carboxylic acids is 1. The highest BCUT2D eigenvalue weighted by atomic mass is 19.4. The van der Waals surface area contributed by atoms with Crippen molar-refractivity contribution >= 4 is 22.8 Å². The minimum atomic E-state index is -4.46. The van der Waals surface area contributed by atoms with Gasteiger partial charge in [0.15, 0.2) is 5.82 Å². The summed E-state index contributed by atoms with van der Waals surface area (Å²) in [5.74, 6) is -0.0288. The number of anilines is 1. The zero-order chi connectivity index (χ0) is 23.6. The van der Waals surface area contributed by atoms with Crippen LogP contribution < -0.4 is 10.6 Å². The molecule has 7 nitrogen and oxygen atoms in total. The van der Waals surface area contributed by atoms with Crippen molar-refractivity contribution in [1.29, 1.82) is 0 Å². The number of aromatic nitrogens is 4. The van der Waals surface area contributed by atoms with E-state index in [-0.39, 0.29) is 0 Å². The third kappa shape index (κ3) is 7.23. The number of carbonyl (C=O) groups is 1. The largest absolute Gasteiger partial charge is 0.405 e. The molecule has 0 saturated heterocycles. The topological polar surface area (TPSA) is 84.7 Å². The third-order valence-electron chi connectivity index (χ3n) is 3.85. The van der Waals surface area contributed by atoms with Gasteiger partial charge in [-0.3, -0.25) is 4.79 Å². The van der Waals surface area contributed by atoms with Crippen LogP contribution in [0.2, 0.25) is 0 Å². The van der Waals surface area contributed by atoms with Crippen molar-refractivity contribution in [3.8, 4) is 11.4 Å². The normalized spacial score (nSPS) is 11.5. The average molecular weight is 438 g/mol. The standard InChI is InChI=1S/C17H17F3N6O.2C2H6/c1-10(16(27)23-9-17(18,19)20)24-13-5-7-21-14(25-13)12-8-26(2)15-11(12)4-3-6-22-15;2*1-2/h3-8,10H,9H2,1-2H3,(H,23,27)(H,21,24,25);2*1-2H3. The lowest BCUT2D eigenvalue weighted by molar-refractivity contribution is -0.138. The molecule has 31 heavy (non-hydrogen) atoms. The number of alkyl halides is 3. The van der Waals surface area contributed by atoms with Crippen LogP contribution in [0.5, 0.6) is 0 Å². The van der Waals surface area contributed by atoms with Crippen LogP contribution in [0.15, 0.2) is 36.8 Å². The van der Waals surface area contributed by atoms with Crippen LogP contribution in [0, 0.1) is 0 Å². The summed E-state index contributed by atoms with van der Waals surface area (Å²) in [6.07, 6.45) is 0.586. The van der Waals surface area contributed by atoms with E-state index in [4.69, 9.17) is 0 Å². The first-order valence-corrected chi connectivity index (χ1v) is 10.1. The van der Waals surface area contributed by atoms with Crippen molar-refractivity contribution < 1.29 is 18.0 Å². The molecule has 2 N–H and O–H groups in total. The zero-order valence-electron chi connectivity index (χ0n) is 18.6. The summed E-state index contributed by atoms with van der Waals surface area (Å²) < 4.78 is 38.5. The highest BCUT2D eigenvalue weighted by molar-refractivity contribution is 5.92. The molecule has 0 fully saturated rings. The predicted octanol–water partition coefficient (Wildman–Crippen LogP) is 4.56. The van der Waals surface area contributed by atoms with Crippen LogP contribution in [0.1, 0.15) is 34.6 Å². The maximum Gasteiger partial charge on any atom is 0.405 e. The molecular formula is C21H29F3N6O. The first kappa shape index (κ1) is 25.9. The Morgan fingerprint density at radius 1 is 1.13 bits per heavy atom. The smallest absolute Gasteiger partial charge is 0.359 e. The minimum absolute atomic E-state index is 0.329. The van der Waals surface area contributed by atoms with Crippen molar-refractivity contribution in [1.82, 2.24) is 24.8 Å². The molecule has 0 aliphatic heterocycles. The maximum absolute atomic E-state index is 12.2. The zero-order valence-corrected chi connectivity index (χ0v) is 18.6. The summed E-state index contributed by atoms with van der Waals surface area (Å²) in [6.45, 7) is 8.07. The van der Waals surface area contributed by atoms with Crippen LogP contribution in [0.4, 0.5) is 19.0 Å². The molecule has 3 aromatic heterocycles. The van der Waals surface area contributed by atoms with Gasteiger partial charge in [0.25, 0.3) is 0 Å². The van der Waals surface area contributed by atoms with Gasteiger partial charge in [-0.2, -0.15) is 13.2 Å². The summed E-state index contributed by atoms with van der Waals surface area (Å²) in [7, 11) is 1.86. The van der Waals surface area contributed by atoms with E-state index in [1.807, 2.05) is 56.9 Å². The van der Waals surface area contributed by atoms with Crippen LogP contribution in [-0.4, -0.2) is 44.2 Å². The van der Waals surface area contributed by atoms with Gasteiger partial charge in [-0.1, -0.05) is 27.7 Å². The van der Waals surface area contributed by atoms with Gasteiger partial charge >= 0.3 is 6.18 Å². The fourth-order valence-corrected chi connectivity index (χ4v) is 2.59. The molecule has 0 aliphatic carbocycles. The number of pyridine rings is 1. The monoisotopic (exact) mass is 438 g/mol. The number of amides is 1. The fraction of sp³-hybridized carbons (Fsp3) is 0.429. The van der Waals surface area contributed by atoms with Gasteiger partial charge in [-0.25, -0.2) is 15.0 Å². The molecule has 1 unspecified atom stereocenters. The predicted molar refractivity (Wildman–Crippen MR) is 117 cm³/mol. The first-order chi connectivity index (χ1) is 14.7. The third-order valence-corrected chi connectivity index (χ3v) is 3.85. The van der Waals surface area contributed by atoms with E-state index >= 15 is 0 Å². The van der Waals surface area contributed by atoms with E-state index < -0.39 is 24.7 Å². The van der Waals surface area contributed by atoms with Crippen molar-refractivity contribution in [3.05, 3.63) is 36.8 Å². The molecule has 0 aromatic carbocycles. The van der Waals surface area contributed by atoms with E-state index in [2.05, 4.69) is 20.3 Å². The lowest BCUT2D eigenvalue weighted by atomic mass is 10.2. The number of fused-ring (bicyclic) bond motifs is 1. The Labute approximate surface area is 180 Å². The molecule has 0 radical (unpaired) electrons. The quantitative estimate of drug-likeness (QED) is 0.610. The molecule has 170 valence electrons. The highest BCUT2D eigenvalue weighted by Gasteiger charge is 2.28. The van der Waals surface area contributed by atoms with Crippen molar-refractivity contribution in [3.63, 3.8) is 0 Å². The summed E-state index contributed by atoms with van der Waals surface area (Å²) in [4.78, 5) is 24.7. The Kier molecular flexibility index (Phi) is 9.91. The molecule has 1 amide bonds. The average Bonchev–Trinajstić information content (AvgIpc) is 3.11. The molecule has 3 rings (SSSR count). The van der Waals surface area contributed by atoms with Gasteiger partial charge < -0.3 is 15.2 Å². The molecule has 1 atom stereocenters. The van der Waals surface area contributed by atoms with Crippen LogP contribution >= 0.6 is 0 Å². The van der Waals surface area contributed by atoms with E-state index in [0.29, 0.717) is 11.6 Å². The van der Waals surface area contributed by atoms with Crippen molar-refractivity contribution in [2.75, 3.05) is 11.9 Å². The molecule has 0 aliphatic rings. The first-order valence-electron chi connectivity index (χ1n) is 10.1. The molecule has 0 bridgehead atoms. The molecule has 0 spiro atoms. The Morgan fingerprint density at radius 3 is 2.45 bits per heavy atom. The Balaban J connectivity index is 0.00000113. The fourth-order valence-electron chi connectivity index (χ4n) is 2.59. The molecular weight excluding hydrogens is 409 g/mol. The second kappa shape index (κ2) is 11.9. The van der Waals surface area contributed by atoms with E-state index in [9.17, 15) is 18.0 Å². The van der Waals surface area contributed by atoms with Crippen LogP contribution in [0.3, 0.4) is 0 Å². The number of nitrogens with one attached hydrogen (secondary N) is 2. The SMILES string of the molecule is CC.CC.CC(Nc1ccnc(-c2cn(C)c3ncccc23)n1)C(=O)NCC(F)(F)F. The van der Waals surface area contributed by atoms with Crippen molar-refractivity contribution in [2.45, 2.75) is 46.8 Å². The van der Waals surface area contributed by atoms with Gasteiger partial charge in [0.1, 0.15) is 24.1 Å². The lowest BCUT2D eigenvalue weighted by Crippen LogP contribution is -2.42. The lowest BCUT2D eigenvalue weighted by Gasteiger charge is -2.15. The van der Waals surface area contributed by atoms with Gasteiger partial charge in [0.05, 0.1) is 0 Å². The van der Waals surface area contributed by atoms with Crippen LogP contribution in [-0.2, 0) is 11.8 Å². The second-order valence-corrected chi connectivity index (χ2v) is 5.99. The Hall–Kier alpha value is -3.17. The number of halogens is 3. The number of aryl methyl sites for hydroxylation is 1. The summed E-state index contributed by atoms with van der Waals surface area (Å²) >= 11 is 0. The summed E-state index contributed by atoms with van der Waals surface area (Å²) in [6, 6.07) is 4.35. The minimum Gasteiger partial charge on any atom is -0.359 e. The molecule has 10 heteroatoms. The highest BCUT2D eigenvalue weighted by Crippen LogP contribution is 2.27. The van der Waals surface area contributed by atoms with Crippen LogP contribution in [0.25, 0.3) is 22.4 Å². The van der Waals surface area contributed by atoms with Gasteiger partial charge in [-0.05, 0) is 25.1 Å².